The Morgan fingerprint density at radius 1 is 1.07 bits per heavy atom. The van der Waals surface area contributed by atoms with Crippen molar-refractivity contribution in [2.45, 2.75) is 38.6 Å². The monoisotopic (exact) mass is 418 g/mol. The second kappa shape index (κ2) is 9.15. The molecule has 1 aliphatic heterocycles. The van der Waals surface area contributed by atoms with Crippen molar-refractivity contribution in [3.8, 4) is 11.5 Å². The molecule has 0 aromatic heterocycles. The Kier molecular flexibility index (Phi) is 6.59. The van der Waals surface area contributed by atoms with Crippen LogP contribution in [-0.2, 0) is 23.9 Å². The van der Waals surface area contributed by atoms with E-state index in [1.165, 1.54) is 21.1 Å². The highest BCUT2D eigenvalue weighted by Gasteiger charge is 2.51. The van der Waals surface area contributed by atoms with E-state index in [2.05, 4.69) is 5.32 Å². The summed E-state index contributed by atoms with van der Waals surface area (Å²) in [4.78, 5) is 50.7. The molecule has 0 bridgehead atoms. The predicted molar refractivity (Wildman–Crippen MR) is 106 cm³/mol. The zero-order valence-corrected chi connectivity index (χ0v) is 17.3. The van der Waals surface area contributed by atoms with Crippen LogP contribution in [0.1, 0.15) is 32.6 Å². The lowest BCUT2D eigenvalue weighted by Gasteiger charge is -2.21. The van der Waals surface area contributed by atoms with E-state index in [0.717, 1.165) is 17.7 Å². The van der Waals surface area contributed by atoms with Gasteiger partial charge < -0.3 is 19.5 Å². The number of ether oxygens (including phenoxy) is 3. The molecular weight excluding hydrogens is 392 g/mol. The van der Waals surface area contributed by atoms with Gasteiger partial charge in [0.05, 0.1) is 26.1 Å². The summed E-state index contributed by atoms with van der Waals surface area (Å²) in [7, 11) is 2.98. The van der Waals surface area contributed by atoms with Gasteiger partial charge in [0.25, 0.3) is 5.91 Å². The Balaban J connectivity index is 1.55. The average molecular weight is 418 g/mol. The largest absolute Gasteiger partial charge is 0.493 e. The van der Waals surface area contributed by atoms with Crippen LogP contribution in [-0.4, -0.2) is 55.5 Å². The van der Waals surface area contributed by atoms with Gasteiger partial charge in [-0.15, -0.1) is 0 Å². The number of esters is 1. The third-order valence-corrected chi connectivity index (χ3v) is 5.62. The zero-order chi connectivity index (χ0) is 21.8. The minimum absolute atomic E-state index is 0.316. The lowest BCUT2D eigenvalue weighted by atomic mass is 9.81. The van der Waals surface area contributed by atoms with Gasteiger partial charge in [0.15, 0.2) is 18.1 Å². The van der Waals surface area contributed by atoms with Crippen LogP contribution in [0.15, 0.2) is 18.2 Å². The van der Waals surface area contributed by atoms with Gasteiger partial charge in [-0.1, -0.05) is 12.8 Å². The van der Waals surface area contributed by atoms with Gasteiger partial charge in [-0.2, -0.15) is 0 Å². The molecule has 9 heteroatoms. The molecule has 1 saturated heterocycles. The van der Waals surface area contributed by atoms with Crippen LogP contribution in [0.25, 0.3) is 0 Å². The summed E-state index contributed by atoms with van der Waals surface area (Å²) in [6.07, 6.45) is 3.15. The summed E-state index contributed by atoms with van der Waals surface area (Å²) < 4.78 is 15.4. The molecule has 30 heavy (non-hydrogen) atoms. The highest BCUT2D eigenvalue weighted by atomic mass is 16.5. The molecule has 3 rings (SSSR count). The SMILES string of the molecule is COc1ccc(NC(=O)COC(=O)[C@H](C)N2C(=O)[C@@H]3CCCC[C@H]3C2=O)cc1OC. The Morgan fingerprint density at radius 3 is 2.23 bits per heavy atom. The third-order valence-electron chi connectivity index (χ3n) is 5.62. The molecule has 1 aromatic carbocycles. The highest BCUT2D eigenvalue weighted by molar-refractivity contribution is 6.08. The first-order chi connectivity index (χ1) is 14.4. The molecule has 2 fully saturated rings. The van der Waals surface area contributed by atoms with Crippen molar-refractivity contribution in [2.24, 2.45) is 11.8 Å². The summed E-state index contributed by atoms with van der Waals surface area (Å²) in [6, 6.07) is 3.76. The van der Waals surface area contributed by atoms with Gasteiger partial charge in [-0.3, -0.25) is 19.3 Å². The number of fused-ring (bicyclic) bond motifs is 1. The van der Waals surface area contributed by atoms with Gasteiger partial charge in [-0.05, 0) is 31.9 Å². The normalized spacial score (nSPS) is 21.6. The van der Waals surface area contributed by atoms with Crippen LogP contribution >= 0.6 is 0 Å². The quantitative estimate of drug-likeness (QED) is 0.530. The number of likely N-dealkylation sites (tertiary alicyclic amines) is 1. The number of nitrogens with one attached hydrogen (secondary N) is 1. The Morgan fingerprint density at radius 2 is 1.67 bits per heavy atom. The van der Waals surface area contributed by atoms with Gasteiger partial charge in [-0.25, -0.2) is 4.79 Å². The van der Waals surface area contributed by atoms with Crippen LogP contribution in [0.3, 0.4) is 0 Å². The van der Waals surface area contributed by atoms with E-state index in [1.54, 1.807) is 18.2 Å². The molecule has 0 radical (unpaired) electrons. The van der Waals surface area contributed by atoms with Crippen molar-refractivity contribution >= 4 is 29.4 Å². The fourth-order valence-electron chi connectivity index (χ4n) is 4.04. The van der Waals surface area contributed by atoms with Crippen LogP contribution in [0.2, 0.25) is 0 Å². The number of hydrogen-bond donors (Lipinski definition) is 1. The molecule has 162 valence electrons. The minimum Gasteiger partial charge on any atom is -0.493 e. The molecule has 2 aliphatic rings. The van der Waals surface area contributed by atoms with E-state index >= 15 is 0 Å². The number of amides is 3. The zero-order valence-electron chi connectivity index (χ0n) is 17.3. The van der Waals surface area contributed by atoms with Crippen LogP contribution in [0.5, 0.6) is 11.5 Å². The topological polar surface area (TPSA) is 111 Å². The standard InChI is InChI=1S/C21H26N2O7/c1-12(23-19(25)14-6-4-5-7-15(14)20(23)26)21(27)30-11-18(24)22-13-8-9-16(28-2)17(10-13)29-3/h8-10,12,14-15H,4-7,11H2,1-3H3,(H,22,24)/t12-,14+,15+/m0/s1. The first-order valence-electron chi connectivity index (χ1n) is 9.92. The second-order valence-corrected chi connectivity index (χ2v) is 7.45. The molecule has 1 heterocycles. The summed E-state index contributed by atoms with van der Waals surface area (Å²) in [5.41, 5.74) is 0.440. The van der Waals surface area contributed by atoms with Crippen molar-refractivity contribution in [2.75, 3.05) is 26.1 Å². The molecule has 1 aliphatic carbocycles. The number of rotatable bonds is 7. The van der Waals surface area contributed by atoms with Gasteiger partial charge in [0.2, 0.25) is 11.8 Å². The third kappa shape index (κ3) is 4.24. The van der Waals surface area contributed by atoms with E-state index in [4.69, 9.17) is 14.2 Å². The van der Waals surface area contributed by atoms with E-state index in [0.29, 0.717) is 30.0 Å². The van der Waals surface area contributed by atoms with Crippen molar-refractivity contribution in [1.29, 1.82) is 0 Å². The smallest absolute Gasteiger partial charge is 0.329 e. The predicted octanol–water partition coefficient (Wildman–Crippen LogP) is 1.75. The minimum atomic E-state index is -1.07. The number of methoxy groups -OCH3 is 2. The number of carbonyl (C=O) groups excluding carboxylic acids is 4. The lowest BCUT2D eigenvalue weighted by Crippen LogP contribution is -2.45. The summed E-state index contributed by atoms with van der Waals surface area (Å²) in [6.45, 7) is 0.905. The molecule has 3 atom stereocenters. The van der Waals surface area contributed by atoms with E-state index in [-0.39, 0.29) is 23.7 Å². The summed E-state index contributed by atoms with van der Waals surface area (Å²) >= 11 is 0. The van der Waals surface area contributed by atoms with Crippen LogP contribution in [0, 0.1) is 11.8 Å². The summed E-state index contributed by atoms with van der Waals surface area (Å²) in [5, 5.41) is 2.59. The molecule has 0 unspecified atom stereocenters. The Bertz CT molecular complexity index is 830. The maximum absolute atomic E-state index is 12.6. The first-order valence-corrected chi connectivity index (χ1v) is 9.92. The number of hydrogen-bond acceptors (Lipinski definition) is 7. The second-order valence-electron chi connectivity index (χ2n) is 7.45. The molecule has 0 spiro atoms. The average Bonchev–Trinajstić information content (AvgIpc) is 3.01. The van der Waals surface area contributed by atoms with E-state index in [9.17, 15) is 19.2 Å². The molecule has 1 N–H and O–H groups in total. The fourth-order valence-corrected chi connectivity index (χ4v) is 4.04. The van der Waals surface area contributed by atoms with Crippen LogP contribution in [0.4, 0.5) is 5.69 Å². The Hall–Kier alpha value is -3.10. The first kappa shape index (κ1) is 21.6. The van der Waals surface area contributed by atoms with E-state index in [1.807, 2.05) is 0 Å². The number of imide groups is 1. The summed E-state index contributed by atoms with van der Waals surface area (Å²) in [5.74, 6) is -1.71. The van der Waals surface area contributed by atoms with Crippen molar-refractivity contribution < 1.29 is 33.4 Å². The molecular formula is C21H26N2O7. The highest BCUT2D eigenvalue weighted by Crippen LogP contribution is 2.39. The lowest BCUT2D eigenvalue weighted by molar-refractivity contribution is -0.159. The van der Waals surface area contributed by atoms with E-state index < -0.39 is 24.5 Å². The van der Waals surface area contributed by atoms with Crippen molar-refractivity contribution in [3.63, 3.8) is 0 Å². The molecule has 9 nitrogen and oxygen atoms in total. The molecule has 1 saturated carbocycles. The van der Waals surface area contributed by atoms with Crippen LogP contribution < -0.4 is 14.8 Å². The van der Waals surface area contributed by atoms with Gasteiger partial charge in [0, 0.05) is 11.8 Å². The van der Waals surface area contributed by atoms with Crippen molar-refractivity contribution in [1.82, 2.24) is 4.90 Å². The maximum atomic E-state index is 12.6. The molecule has 1 aromatic rings. The van der Waals surface area contributed by atoms with Gasteiger partial charge in [0.1, 0.15) is 6.04 Å². The fraction of sp³-hybridized carbons (Fsp3) is 0.524. The maximum Gasteiger partial charge on any atom is 0.329 e. The number of carbonyl (C=O) groups is 4. The molecule has 3 amide bonds. The Labute approximate surface area is 174 Å². The number of nitrogens with zero attached hydrogens (tertiary/aromatic N) is 1. The number of benzene rings is 1. The van der Waals surface area contributed by atoms with Gasteiger partial charge >= 0.3 is 5.97 Å². The number of anilines is 1. The van der Waals surface area contributed by atoms with Crippen molar-refractivity contribution in [3.05, 3.63) is 18.2 Å².